The van der Waals surface area contributed by atoms with Gasteiger partial charge in [-0.1, -0.05) is 0 Å². The van der Waals surface area contributed by atoms with Gasteiger partial charge in [-0.3, -0.25) is 0 Å². The third kappa shape index (κ3) is 12.3. The van der Waals surface area contributed by atoms with Crippen molar-refractivity contribution in [2.75, 3.05) is 52.7 Å². The average Bonchev–Trinajstić information content (AvgIpc) is 3.17. The van der Waals surface area contributed by atoms with Crippen LogP contribution in [-0.4, -0.2) is 205 Å². The fourth-order valence-corrected chi connectivity index (χ4v) is 7.51. The maximum atomic E-state index is 10.8. The number of aliphatic hydroxyl groups is 6. The Bertz CT molecular complexity index is 1030. The lowest BCUT2D eigenvalue weighted by Crippen LogP contribution is -2.67. The molecule has 0 bridgehead atoms. The Morgan fingerprint density at radius 1 is 0.429 bits per heavy atom. The highest BCUT2D eigenvalue weighted by Crippen LogP contribution is 2.30. The SMILES string of the molecule is NC[C@H]1O[C@H](O[C@@H]2[C@@H](OCCCOCCCCOCCCO[C@@H]3[C@@H](O)[C@H](N)C[C@H](N)[C@H]3O[C@H]3O[C@H](CN)[C@@H](O)[C@H](O)[C@H]3N)[C@H](O)[C@@H](N)C[C@H]2N)[C@H](N)[C@@H](O)[C@@H]1O. The van der Waals surface area contributed by atoms with E-state index in [0.29, 0.717) is 39.3 Å². The van der Waals surface area contributed by atoms with Gasteiger partial charge >= 0.3 is 0 Å². The highest BCUT2D eigenvalue weighted by molar-refractivity contribution is 5.02. The van der Waals surface area contributed by atoms with Crippen molar-refractivity contribution in [1.82, 2.24) is 0 Å². The number of ether oxygens (including phenoxy) is 8. The molecule has 2 aliphatic heterocycles. The van der Waals surface area contributed by atoms with Crippen LogP contribution in [0.5, 0.6) is 0 Å². The molecule has 56 heavy (non-hydrogen) atoms. The van der Waals surface area contributed by atoms with Gasteiger partial charge in [0.1, 0.15) is 61.0 Å². The maximum absolute atomic E-state index is 10.8. The summed E-state index contributed by atoms with van der Waals surface area (Å²) in [6.07, 6.45) is -11.9. The highest BCUT2D eigenvalue weighted by atomic mass is 16.7. The number of aliphatic hydroxyl groups excluding tert-OH is 6. The van der Waals surface area contributed by atoms with Crippen molar-refractivity contribution in [2.45, 2.75) is 161 Å². The van der Waals surface area contributed by atoms with Crippen LogP contribution in [0.15, 0.2) is 0 Å². The van der Waals surface area contributed by atoms with E-state index in [-0.39, 0.29) is 39.1 Å². The lowest BCUT2D eigenvalue weighted by Gasteiger charge is -2.46. The Morgan fingerprint density at radius 3 is 1.14 bits per heavy atom. The molecule has 0 unspecified atom stereocenters. The molecule has 22 N–H and O–H groups in total. The smallest absolute Gasteiger partial charge is 0.176 e. The molecule has 22 heteroatoms. The highest BCUT2D eigenvalue weighted by Gasteiger charge is 2.50. The molecule has 0 aromatic carbocycles. The molecule has 22 nitrogen and oxygen atoms in total. The van der Waals surface area contributed by atoms with Gasteiger partial charge in [-0.25, -0.2) is 0 Å². The van der Waals surface area contributed by atoms with E-state index in [1.54, 1.807) is 0 Å². The standard InChI is InChI=1S/C34H70N8O14/c35-13-19-25(45)27(47)21(41)33(53-19)55-29-17(39)11-15(37)23(43)31(29)51-9-3-7-49-5-1-2-6-50-8-4-10-52-32-24(44)16(38)12-18(40)30(32)56-34-22(42)28(48)26(46)20(14-36)54-34/h15-34,43-48H,1-14,35-42H2/t15-,16+,17+,18-,19-,20-,21-,22-,23+,24-,25-,26-,27-,28-,29-,30+,31-,32+,33-,34-/m1/s1. The van der Waals surface area contributed by atoms with Gasteiger partial charge in [0.05, 0.1) is 24.3 Å². The lowest BCUT2D eigenvalue weighted by atomic mass is 9.84. The average molecular weight is 815 g/mol. The largest absolute Gasteiger partial charge is 0.389 e. The summed E-state index contributed by atoms with van der Waals surface area (Å²) in [5.74, 6) is 0. The summed E-state index contributed by atoms with van der Waals surface area (Å²) in [6.45, 7) is 2.14. The molecule has 4 aliphatic rings. The molecular weight excluding hydrogens is 744 g/mol. The molecule has 4 fully saturated rings. The van der Waals surface area contributed by atoms with Gasteiger partial charge in [-0.15, -0.1) is 0 Å². The molecule has 0 spiro atoms. The quantitative estimate of drug-likeness (QED) is 0.0479. The van der Waals surface area contributed by atoms with Gasteiger partial charge < -0.3 is 114 Å². The Labute approximate surface area is 327 Å². The van der Waals surface area contributed by atoms with Crippen LogP contribution < -0.4 is 45.9 Å². The van der Waals surface area contributed by atoms with Gasteiger partial charge in [-0.05, 0) is 38.5 Å². The van der Waals surface area contributed by atoms with E-state index < -0.39 is 122 Å². The summed E-state index contributed by atoms with van der Waals surface area (Å²) in [5, 5.41) is 62.7. The van der Waals surface area contributed by atoms with Crippen molar-refractivity contribution in [3.8, 4) is 0 Å². The van der Waals surface area contributed by atoms with Crippen LogP contribution in [0.4, 0.5) is 0 Å². The predicted molar refractivity (Wildman–Crippen MR) is 198 cm³/mol. The topological polar surface area (TPSA) is 403 Å². The zero-order valence-corrected chi connectivity index (χ0v) is 32.0. The van der Waals surface area contributed by atoms with Crippen LogP contribution in [0, 0.1) is 0 Å². The number of hydrogen-bond donors (Lipinski definition) is 14. The first-order valence-corrected chi connectivity index (χ1v) is 19.7. The Kier molecular flexibility index (Phi) is 19.8. The van der Waals surface area contributed by atoms with Crippen molar-refractivity contribution < 1.29 is 68.5 Å². The maximum Gasteiger partial charge on any atom is 0.176 e. The summed E-state index contributed by atoms with van der Waals surface area (Å²) in [4.78, 5) is 0. The Hall–Kier alpha value is -0.880. The van der Waals surface area contributed by atoms with Crippen molar-refractivity contribution in [1.29, 1.82) is 0 Å². The first-order valence-electron chi connectivity index (χ1n) is 19.7. The van der Waals surface area contributed by atoms with Crippen LogP contribution in [-0.2, 0) is 37.9 Å². The van der Waals surface area contributed by atoms with Crippen LogP contribution in [0.3, 0.4) is 0 Å². The minimum absolute atomic E-state index is 0.0673. The third-order valence-corrected chi connectivity index (χ3v) is 11.0. The molecule has 4 rings (SSSR count). The summed E-state index contributed by atoms with van der Waals surface area (Å²) in [6, 6.07) is -4.67. The molecular formula is C34H70N8O14. The molecule has 0 aromatic rings. The van der Waals surface area contributed by atoms with E-state index in [0.717, 1.165) is 12.8 Å². The second kappa shape index (κ2) is 23.2. The molecule has 2 saturated heterocycles. The number of nitrogens with two attached hydrogens (primary N) is 8. The zero-order chi connectivity index (χ0) is 41.1. The summed E-state index contributed by atoms with van der Waals surface area (Å²) >= 11 is 0. The van der Waals surface area contributed by atoms with Crippen molar-refractivity contribution in [3.63, 3.8) is 0 Å². The van der Waals surface area contributed by atoms with Crippen molar-refractivity contribution in [3.05, 3.63) is 0 Å². The number of unbranched alkanes of at least 4 members (excludes halogenated alkanes) is 1. The zero-order valence-electron chi connectivity index (χ0n) is 32.0. The van der Waals surface area contributed by atoms with Crippen molar-refractivity contribution >= 4 is 0 Å². The van der Waals surface area contributed by atoms with Gasteiger partial charge in [0.25, 0.3) is 0 Å². The molecule has 0 amide bonds. The van der Waals surface area contributed by atoms with Gasteiger partial charge in [0.2, 0.25) is 0 Å². The van der Waals surface area contributed by atoms with Crippen LogP contribution in [0.25, 0.3) is 0 Å². The van der Waals surface area contributed by atoms with E-state index in [9.17, 15) is 30.6 Å². The predicted octanol–water partition coefficient (Wildman–Crippen LogP) is -7.58. The van der Waals surface area contributed by atoms with E-state index in [1.807, 2.05) is 0 Å². The second-order valence-electron chi connectivity index (χ2n) is 15.3. The molecule has 0 aromatic heterocycles. The minimum atomic E-state index is -1.33. The molecule has 0 radical (unpaired) electrons. The van der Waals surface area contributed by atoms with Crippen LogP contribution >= 0.6 is 0 Å². The lowest BCUT2D eigenvalue weighted by molar-refractivity contribution is -0.291. The summed E-state index contributed by atoms with van der Waals surface area (Å²) < 4.78 is 46.9. The fourth-order valence-electron chi connectivity index (χ4n) is 7.51. The normalized spacial score (nSPS) is 44.9. The van der Waals surface area contributed by atoms with E-state index >= 15 is 0 Å². The molecule has 2 aliphatic carbocycles. The Morgan fingerprint density at radius 2 is 0.786 bits per heavy atom. The Balaban J connectivity index is 1.08. The molecule has 2 heterocycles. The number of rotatable bonds is 21. The van der Waals surface area contributed by atoms with E-state index in [2.05, 4.69) is 0 Å². The monoisotopic (exact) mass is 815 g/mol. The fraction of sp³-hybridized carbons (Fsp3) is 1.00. The summed E-state index contributed by atoms with van der Waals surface area (Å²) in [5.41, 5.74) is 48.4. The molecule has 2 saturated carbocycles. The molecule has 20 atom stereocenters. The molecule has 330 valence electrons. The van der Waals surface area contributed by atoms with E-state index in [1.165, 1.54) is 0 Å². The van der Waals surface area contributed by atoms with E-state index in [4.69, 9.17) is 83.8 Å². The van der Waals surface area contributed by atoms with Gasteiger partial charge in [0, 0.05) is 76.9 Å². The van der Waals surface area contributed by atoms with Gasteiger partial charge in [-0.2, -0.15) is 0 Å². The second-order valence-corrected chi connectivity index (χ2v) is 15.3. The summed E-state index contributed by atoms with van der Waals surface area (Å²) in [7, 11) is 0. The van der Waals surface area contributed by atoms with Gasteiger partial charge in [0.15, 0.2) is 12.6 Å². The van der Waals surface area contributed by atoms with Crippen LogP contribution in [0.2, 0.25) is 0 Å². The first-order chi connectivity index (χ1) is 26.7. The third-order valence-electron chi connectivity index (χ3n) is 11.0. The van der Waals surface area contributed by atoms with Crippen LogP contribution in [0.1, 0.15) is 38.5 Å². The number of hydrogen-bond acceptors (Lipinski definition) is 22. The first kappa shape index (κ1) is 47.8. The van der Waals surface area contributed by atoms with Crippen molar-refractivity contribution in [2.24, 2.45) is 45.9 Å². The minimum Gasteiger partial charge on any atom is -0.389 e.